The molecule has 1 aliphatic rings. The summed E-state index contributed by atoms with van der Waals surface area (Å²) in [4.78, 5) is 2.88. The topological polar surface area (TPSA) is 0 Å². The average molecular weight is 538 g/mol. The Hall–Kier alpha value is -0.661. The molecule has 32 heavy (non-hydrogen) atoms. The van der Waals surface area contributed by atoms with Gasteiger partial charge in [0.2, 0.25) is 0 Å². The molecule has 0 bridgehead atoms. The van der Waals surface area contributed by atoms with Crippen molar-refractivity contribution < 1.29 is 12.4 Å². The van der Waals surface area contributed by atoms with Gasteiger partial charge in [-0.1, -0.05) is 0 Å². The second-order valence-corrected chi connectivity index (χ2v) is 16.1. The molecule has 0 aliphatic carbocycles. The number of hydrogen-bond acceptors (Lipinski definition) is 0. The van der Waals surface area contributed by atoms with Crippen molar-refractivity contribution in [1.82, 2.24) is 0 Å². The molecule has 3 heteroatoms. The third kappa shape index (κ3) is 8.28. The Morgan fingerprint density at radius 3 is 1.41 bits per heavy atom. The van der Waals surface area contributed by atoms with Gasteiger partial charge >= 0.3 is 203 Å². The second-order valence-electron chi connectivity index (χ2n) is 12.8. The van der Waals surface area contributed by atoms with E-state index >= 15 is 0 Å². The first-order chi connectivity index (χ1) is 13.9. The first-order valence-electron chi connectivity index (χ1n) is 11.4. The van der Waals surface area contributed by atoms with E-state index in [1.54, 1.807) is 8.94 Å². The van der Waals surface area contributed by atoms with Crippen LogP contribution in [0.4, 0.5) is 0 Å². The minimum absolute atomic E-state index is 0. The Morgan fingerprint density at radius 1 is 0.656 bits per heavy atom. The van der Waals surface area contributed by atoms with Gasteiger partial charge < -0.3 is 12.4 Å². The van der Waals surface area contributed by atoms with E-state index < -0.39 is 0 Å². The van der Waals surface area contributed by atoms with Gasteiger partial charge in [0.1, 0.15) is 0 Å². The molecular formula is C29H43ClSSe. The number of hydrogen-bond donors (Lipinski definition) is 0. The molecule has 0 amide bonds. The van der Waals surface area contributed by atoms with E-state index in [1.165, 1.54) is 20.9 Å². The zero-order valence-corrected chi connectivity index (χ0v) is 25.5. The molecule has 0 fully saturated rings. The Morgan fingerprint density at radius 2 is 1.06 bits per heavy atom. The fourth-order valence-electron chi connectivity index (χ4n) is 2.98. The van der Waals surface area contributed by atoms with Gasteiger partial charge in [0.15, 0.2) is 0 Å². The van der Waals surface area contributed by atoms with Crippen LogP contribution in [0.2, 0.25) is 0 Å². The number of allylic oxidation sites excluding steroid dienone is 7. The maximum absolute atomic E-state index is 2.42. The van der Waals surface area contributed by atoms with Crippen LogP contribution < -0.4 is 12.4 Å². The van der Waals surface area contributed by atoms with Crippen molar-refractivity contribution in [2.45, 2.75) is 93.9 Å². The van der Waals surface area contributed by atoms with Crippen molar-refractivity contribution in [3.63, 3.8) is 0 Å². The predicted molar refractivity (Wildman–Crippen MR) is 144 cm³/mol. The molecule has 2 heterocycles. The first kappa shape index (κ1) is 29.4. The minimum atomic E-state index is 0. The SMILES string of the molecule is CC(C)(C)C1=CC(=C/C=C/c2cc(C(C)(C)C)[s+]c(C(C)(C)C)c2)C=C(C(C)(C)C)[Se]1.[Cl-]. The van der Waals surface area contributed by atoms with Crippen LogP contribution in [0.5, 0.6) is 0 Å². The molecule has 1 aromatic heterocycles. The van der Waals surface area contributed by atoms with E-state index in [9.17, 15) is 0 Å². The summed E-state index contributed by atoms with van der Waals surface area (Å²) in [5.74, 6) is 0. The normalized spacial score (nSPS) is 15.9. The molecule has 0 unspecified atom stereocenters. The summed E-state index contributed by atoms with van der Waals surface area (Å²) >= 11 is 2.38. The summed E-state index contributed by atoms with van der Waals surface area (Å²) in [6, 6.07) is 4.73. The van der Waals surface area contributed by atoms with Crippen molar-refractivity contribution in [1.29, 1.82) is 0 Å². The molecule has 0 aromatic carbocycles. The minimum Gasteiger partial charge on any atom is -1.00 e. The zero-order valence-electron chi connectivity index (χ0n) is 22.2. The fraction of sp³-hybridized carbons (Fsp3) is 0.552. The summed E-state index contributed by atoms with van der Waals surface area (Å²) in [6.07, 6.45) is 11.7. The van der Waals surface area contributed by atoms with Crippen LogP contribution in [0, 0.1) is 10.8 Å². The van der Waals surface area contributed by atoms with Crippen LogP contribution in [-0.2, 0) is 10.8 Å². The molecule has 0 nitrogen and oxygen atoms in total. The van der Waals surface area contributed by atoms with Gasteiger partial charge in [-0.05, 0) is 0 Å². The smallest absolute Gasteiger partial charge is 1.00 e. The van der Waals surface area contributed by atoms with Crippen LogP contribution >= 0.6 is 11.3 Å². The monoisotopic (exact) mass is 538 g/mol. The van der Waals surface area contributed by atoms with Crippen LogP contribution in [0.15, 0.2) is 51.0 Å². The standard InChI is InChI=1S/C29H43SSe.ClH/c1-26(2,3)22-16-20(17-23(30-22)27(4,5)6)14-13-15-21-18-24(28(7,8)9)31-25(19-21)29(10,11)12;/h13-19H,1-12H3;1H/q+1;/p-1/b14-13+;. The molecule has 178 valence electrons. The molecule has 1 aliphatic heterocycles. The van der Waals surface area contributed by atoms with Crippen LogP contribution in [0.3, 0.4) is 0 Å². The third-order valence-corrected chi connectivity index (χ3v) is 11.1. The molecule has 0 atom stereocenters. The summed E-state index contributed by atoms with van der Waals surface area (Å²) < 4.78 is 3.16. The Bertz CT molecular complexity index is 869. The van der Waals surface area contributed by atoms with E-state index in [2.05, 4.69) is 126 Å². The first-order valence-corrected chi connectivity index (χ1v) is 13.9. The number of rotatable bonds is 2. The van der Waals surface area contributed by atoms with Crippen LogP contribution in [0.1, 0.15) is 98.4 Å². The maximum atomic E-state index is 2.42. The van der Waals surface area contributed by atoms with E-state index in [0.717, 1.165) is 0 Å². The molecule has 0 saturated carbocycles. The Balaban J connectivity index is 0.00000512. The Kier molecular flexibility index (Phi) is 9.46. The predicted octanol–water partition coefficient (Wildman–Crippen LogP) is 6.15. The summed E-state index contributed by atoms with van der Waals surface area (Å²) in [5, 5.41) is 0. The van der Waals surface area contributed by atoms with Gasteiger partial charge in [0.25, 0.3) is 0 Å². The van der Waals surface area contributed by atoms with Gasteiger partial charge in [0.05, 0.1) is 0 Å². The summed E-state index contributed by atoms with van der Waals surface area (Å²) in [6.45, 7) is 27.9. The van der Waals surface area contributed by atoms with Crippen molar-refractivity contribution >= 4 is 32.4 Å². The van der Waals surface area contributed by atoms with E-state index in [-0.39, 0.29) is 34.1 Å². The second kappa shape index (κ2) is 10.3. The maximum Gasteiger partial charge on any atom is -1.00 e. The van der Waals surface area contributed by atoms with Gasteiger partial charge in [-0.2, -0.15) is 0 Å². The molecular weight excluding hydrogens is 495 g/mol. The molecule has 1 aromatic rings. The van der Waals surface area contributed by atoms with E-state index in [1.807, 2.05) is 11.3 Å². The fourth-order valence-corrected chi connectivity index (χ4v) is 6.82. The van der Waals surface area contributed by atoms with E-state index in [0.29, 0.717) is 15.0 Å². The average Bonchev–Trinajstić information content (AvgIpc) is 2.58. The van der Waals surface area contributed by atoms with E-state index in [4.69, 9.17) is 0 Å². The summed E-state index contributed by atoms with van der Waals surface area (Å²) in [7, 11) is 0. The van der Waals surface area contributed by atoms with Crippen molar-refractivity contribution in [3.05, 3.63) is 66.3 Å². The zero-order chi connectivity index (χ0) is 23.8. The van der Waals surface area contributed by atoms with Crippen molar-refractivity contribution in [2.24, 2.45) is 10.8 Å². The van der Waals surface area contributed by atoms with Crippen molar-refractivity contribution in [3.8, 4) is 0 Å². The van der Waals surface area contributed by atoms with Gasteiger partial charge in [-0.3, -0.25) is 0 Å². The largest absolute Gasteiger partial charge is 1.00 e. The van der Waals surface area contributed by atoms with Crippen LogP contribution in [0.25, 0.3) is 6.08 Å². The van der Waals surface area contributed by atoms with Crippen molar-refractivity contribution in [2.75, 3.05) is 0 Å². The molecule has 0 spiro atoms. The summed E-state index contributed by atoms with van der Waals surface area (Å²) in [5.41, 5.74) is 3.38. The molecule has 2 rings (SSSR count). The van der Waals surface area contributed by atoms with Crippen LogP contribution in [-0.4, -0.2) is 15.0 Å². The number of halogens is 1. The van der Waals surface area contributed by atoms with Gasteiger partial charge in [0, 0.05) is 0 Å². The quantitative estimate of drug-likeness (QED) is 0.314. The third-order valence-electron chi connectivity index (χ3n) is 5.17. The molecule has 0 saturated heterocycles. The molecule has 0 radical (unpaired) electrons. The molecule has 0 N–H and O–H groups in total. The van der Waals surface area contributed by atoms with Gasteiger partial charge in [-0.15, -0.1) is 0 Å². The Labute approximate surface area is 215 Å². The van der Waals surface area contributed by atoms with Gasteiger partial charge in [-0.25, -0.2) is 0 Å².